The molecule has 3 aliphatic rings. The molecule has 1 aromatic carbocycles. The third-order valence-electron chi connectivity index (χ3n) is 6.22. The third-order valence-corrected chi connectivity index (χ3v) is 6.22. The van der Waals surface area contributed by atoms with Gasteiger partial charge in [0, 0.05) is 30.2 Å². The Labute approximate surface area is 144 Å². The number of hydrogen-bond donors (Lipinski definition) is 1. The number of benzene rings is 1. The van der Waals surface area contributed by atoms with Crippen molar-refractivity contribution in [2.75, 3.05) is 20.2 Å². The smallest absolute Gasteiger partial charge is 0.119 e. The van der Waals surface area contributed by atoms with Crippen molar-refractivity contribution in [2.24, 2.45) is 17.6 Å². The topological polar surface area (TPSA) is 51.4 Å². The van der Waals surface area contributed by atoms with Crippen LogP contribution in [0.25, 0.3) is 10.9 Å². The quantitative estimate of drug-likeness (QED) is 0.936. The first-order chi connectivity index (χ1) is 11.7. The summed E-state index contributed by atoms with van der Waals surface area (Å²) in [5.74, 6) is 2.57. The van der Waals surface area contributed by atoms with Gasteiger partial charge in [0.25, 0.3) is 0 Å². The Balaban J connectivity index is 1.68. The summed E-state index contributed by atoms with van der Waals surface area (Å²) >= 11 is 0. The van der Waals surface area contributed by atoms with Crippen LogP contribution >= 0.6 is 0 Å². The van der Waals surface area contributed by atoms with Crippen LogP contribution in [0, 0.1) is 11.8 Å². The number of fused-ring (bicyclic) bond motifs is 4. The van der Waals surface area contributed by atoms with Gasteiger partial charge in [-0.3, -0.25) is 9.88 Å². The highest BCUT2D eigenvalue weighted by Crippen LogP contribution is 2.42. The summed E-state index contributed by atoms with van der Waals surface area (Å²) in [6.07, 6.45) is 5.74. The van der Waals surface area contributed by atoms with Crippen LogP contribution in [-0.4, -0.2) is 36.1 Å². The number of hydrogen-bond acceptors (Lipinski definition) is 4. The van der Waals surface area contributed by atoms with Crippen molar-refractivity contribution in [3.63, 3.8) is 0 Å². The van der Waals surface area contributed by atoms with Gasteiger partial charge in [0.2, 0.25) is 0 Å². The van der Waals surface area contributed by atoms with Gasteiger partial charge in [0.15, 0.2) is 0 Å². The molecule has 2 N–H and O–H groups in total. The van der Waals surface area contributed by atoms with E-state index in [-0.39, 0.29) is 6.04 Å². The van der Waals surface area contributed by atoms with Crippen molar-refractivity contribution in [3.8, 4) is 5.75 Å². The summed E-state index contributed by atoms with van der Waals surface area (Å²) in [6.45, 7) is 4.74. The molecule has 3 fully saturated rings. The van der Waals surface area contributed by atoms with Gasteiger partial charge in [0.05, 0.1) is 12.6 Å². The second-order valence-corrected chi connectivity index (χ2v) is 7.32. The summed E-state index contributed by atoms with van der Waals surface area (Å²) in [6, 6.07) is 8.62. The Kier molecular flexibility index (Phi) is 4.19. The zero-order valence-electron chi connectivity index (χ0n) is 14.6. The van der Waals surface area contributed by atoms with Crippen molar-refractivity contribution in [3.05, 3.63) is 36.0 Å². The number of rotatable bonds is 4. The molecular weight excluding hydrogens is 298 g/mol. The number of ether oxygens (including phenoxy) is 1. The van der Waals surface area contributed by atoms with E-state index in [1.165, 1.54) is 37.9 Å². The van der Waals surface area contributed by atoms with Crippen LogP contribution in [0.1, 0.15) is 37.8 Å². The maximum atomic E-state index is 6.79. The Bertz CT molecular complexity index is 732. The Morgan fingerprint density at radius 1 is 1.38 bits per heavy atom. The summed E-state index contributed by atoms with van der Waals surface area (Å²) in [5, 5.41) is 1.12. The van der Waals surface area contributed by atoms with Crippen molar-refractivity contribution >= 4 is 10.9 Å². The second-order valence-electron chi connectivity index (χ2n) is 7.32. The lowest BCUT2D eigenvalue weighted by molar-refractivity contribution is -0.0105. The van der Waals surface area contributed by atoms with Crippen LogP contribution in [0.5, 0.6) is 5.75 Å². The zero-order chi connectivity index (χ0) is 16.7. The number of nitrogens with zero attached hydrogens (tertiary/aromatic N) is 2. The molecule has 24 heavy (non-hydrogen) atoms. The maximum Gasteiger partial charge on any atom is 0.119 e. The summed E-state index contributed by atoms with van der Waals surface area (Å²) < 4.78 is 5.40. The average molecular weight is 325 g/mol. The first-order valence-corrected chi connectivity index (χ1v) is 9.13. The van der Waals surface area contributed by atoms with Crippen molar-refractivity contribution in [1.82, 2.24) is 9.88 Å². The summed E-state index contributed by atoms with van der Waals surface area (Å²) in [7, 11) is 1.70. The van der Waals surface area contributed by atoms with E-state index in [9.17, 15) is 0 Å². The molecule has 4 unspecified atom stereocenters. The molecule has 4 heterocycles. The lowest BCUT2D eigenvalue weighted by Gasteiger charge is -2.51. The minimum Gasteiger partial charge on any atom is -0.497 e. The number of aromatic nitrogens is 1. The van der Waals surface area contributed by atoms with Gasteiger partial charge in [-0.25, -0.2) is 0 Å². The third kappa shape index (κ3) is 2.58. The lowest BCUT2D eigenvalue weighted by atomic mass is 9.72. The minimum absolute atomic E-state index is 0.0308. The Morgan fingerprint density at radius 3 is 2.96 bits per heavy atom. The van der Waals surface area contributed by atoms with Crippen LogP contribution in [-0.2, 0) is 0 Å². The SMILES string of the molecule is CCC1CN2CCC1CC2[C@@H](N)c1ccnc2ccc(OC)cc12. The van der Waals surface area contributed by atoms with E-state index in [4.69, 9.17) is 10.5 Å². The predicted molar refractivity (Wildman–Crippen MR) is 97.1 cm³/mol. The molecule has 3 aliphatic heterocycles. The largest absolute Gasteiger partial charge is 0.497 e. The molecule has 3 saturated heterocycles. The molecule has 128 valence electrons. The van der Waals surface area contributed by atoms with Gasteiger partial charge in [-0.2, -0.15) is 0 Å². The fourth-order valence-corrected chi connectivity index (χ4v) is 4.79. The summed E-state index contributed by atoms with van der Waals surface area (Å²) in [5.41, 5.74) is 8.98. The van der Waals surface area contributed by atoms with Gasteiger partial charge in [-0.15, -0.1) is 0 Å². The van der Waals surface area contributed by atoms with Gasteiger partial charge >= 0.3 is 0 Å². The van der Waals surface area contributed by atoms with Gasteiger partial charge in [0.1, 0.15) is 5.75 Å². The van der Waals surface area contributed by atoms with Gasteiger partial charge in [-0.05, 0) is 61.1 Å². The molecule has 0 amide bonds. The van der Waals surface area contributed by atoms with Crippen molar-refractivity contribution < 1.29 is 4.74 Å². The Hall–Kier alpha value is -1.65. The molecule has 5 atom stereocenters. The first kappa shape index (κ1) is 15.9. The van der Waals surface area contributed by atoms with Crippen LogP contribution < -0.4 is 10.5 Å². The molecular formula is C20H27N3O. The van der Waals surface area contributed by atoms with E-state index in [2.05, 4.69) is 28.9 Å². The van der Waals surface area contributed by atoms with E-state index >= 15 is 0 Å². The molecule has 2 bridgehead atoms. The number of piperidine rings is 3. The summed E-state index contributed by atoms with van der Waals surface area (Å²) in [4.78, 5) is 7.12. The van der Waals surface area contributed by atoms with E-state index < -0.39 is 0 Å². The molecule has 0 radical (unpaired) electrons. The highest BCUT2D eigenvalue weighted by Gasteiger charge is 2.41. The fourth-order valence-electron chi connectivity index (χ4n) is 4.79. The van der Waals surface area contributed by atoms with Gasteiger partial charge in [-0.1, -0.05) is 13.3 Å². The molecule has 0 aliphatic carbocycles. The normalized spacial score (nSPS) is 30.5. The second kappa shape index (κ2) is 6.34. The highest BCUT2D eigenvalue weighted by atomic mass is 16.5. The van der Waals surface area contributed by atoms with Crippen LogP contribution in [0.2, 0.25) is 0 Å². The molecule has 2 aromatic rings. The first-order valence-electron chi connectivity index (χ1n) is 9.13. The van der Waals surface area contributed by atoms with E-state index in [1.807, 2.05) is 18.3 Å². The zero-order valence-corrected chi connectivity index (χ0v) is 14.6. The highest BCUT2D eigenvalue weighted by molar-refractivity contribution is 5.84. The van der Waals surface area contributed by atoms with Crippen LogP contribution in [0.15, 0.2) is 30.5 Å². The molecule has 5 rings (SSSR count). The van der Waals surface area contributed by atoms with Gasteiger partial charge < -0.3 is 10.5 Å². The maximum absolute atomic E-state index is 6.79. The molecule has 4 heteroatoms. The number of methoxy groups -OCH3 is 1. The standard InChI is InChI=1S/C20H27N3O/c1-3-13-12-23-9-7-14(13)10-19(23)20(21)16-6-8-22-18-5-4-15(24-2)11-17(16)18/h4-6,8,11,13-14,19-20H,3,7,9-10,12,21H2,1-2H3/t13?,14?,19?,20-/m0/s1. The van der Waals surface area contributed by atoms with E-state index in [1.54, 1.807) is 7.11 Å². The van der Waals surface area contributed by atoms with Crippen molar-refractivity contribution in [2.45, 2.75) is 38.3 Å². The van der Waals surface area contributed by atoms with Crippen LogP contribution in [0.4, 0.5) is 0 Å². The number of pyridine rings is 1. The molecule has 1 aromatic heterocycles. The monoisotopic (exact) mass is 325 g/mol. The van der Waals surface area contributed by atoms with E-state index in [0.717, 1.165) is 28.5 Å². The van der Waals surface area contributed by atoms with Crippen LogP contribution in [0.3, 0.4) is 0 Å². The fraction of sp³-hybridized carbons (Fsp3) is 0.550. The lowest BCUT2D eigenvalue weighted by Crippen LogP contribution is -2.56. The van der Waals surface area contributed by atoms with Crippen molar-refractivity contribution in [1.29, 1.82) is 0 Å². The molecule has 4 nitrogen and oxygen atoms in total. The molecule has 0 spiro atoms. The number of nitrogens with two attached hydrogens (primary N) is 1. The van der Waals surface area contributed by atoms with E-state index in [0.29, 0.717) is 6.04 Å². The Morgan fingerprint density at radius 2 is 2.25 bits per heavy atom. The average Bonchev–Trinajstić information content (AvgIpc) is 2.66. The predicted octanol–water partition coefficient (Wildman–Crippen LogP) is 3.36. The molecule has 0 saturated carbocycles. The minimum atomic E-state index is 0.0308.